The van der Waals surface area contributed by atoms with E-state index < -0.39 is 0 Å². The Morgan fingerprint density at radius 1 is 1.67 bits per heavy atom. The number of nitrogens with zero attached hydrogens (tertiary/aromatic N) is 2. The van der Waals surface area contributed by atoms with Gasteiger partial charge in [-0.15, -0.1) is 0 Å². The zero-order valence-electron chi connectivity index (χ0n) is 8.27. The standard InChI is InChI=1S/C10H13BrN2O2/c11-9-5-12-2-1-10(9)13-3-4-15-8(6-13)7-14/h1-2,5,8,14H,3-4,6-7H2. The average Bonchev–Trinajstić information content (AvgIpc) is 2.30. The molecule has 2 heterocycles. The number of ether oxygens (including phenoxy) is 1. The van der Waals surface area contributed by atoms with Gasteiger partial charge in [0, 0.05) is 25.5 Å². The molecule has 1 saturated heterocycles. The Kier molecular flexibility index (Phi) is 3.56. The van der Waals surface area contributed by atoms with E-state index in [-0.39, 0.29) is 12.7 Å². The highest BCUT2D eigenvalue weighted by molar-refractivity contribution is 9.10. The molecule has 0 amide bonds. The van der Waals surface area contributed by atoms with Crippen LogP contribution in [0.4, 0.5) is 5.69 Å². The maximum atomic E-state index is 9.05. The van der Waals surface area contributed by atoms with E-state index in [9.17, 15) is 0 Å². The van der Waals surface area contributed by atoms with Crippen LogP contribution in [0.15, 0.2) is 22.9 Å². The monoisotopic (exact) mass is 272 g/mol. The van der Waals surface area contributed by atoms with Crippen molar-refractivity contribution in [2.45, 2.75) is 6.10 Å². The van der Waals surface area contributed by atoms with Gasteiger partial charge in [0.2, 0.25) is 0 Å². The van der Waals surface area contributed by atoms with E-state index in [4.69, 9.17) is 9.84 Å². The van der Waals surface area contributed by atoms with Gasteiger partial charge in [0.15, 0.2) is 0 Å². The molecule has 0 aliphatic carbocycles. The van der Waals surface area contributed by atoms with E-state index in [1.165, 1.54) is 0 Å². The van der Waals surface area contributed by atoms with E-state index in [2.05, 4.69) is 25.8 Å². The number of halogens is 1. The van der Waals surface area contributed by atoms with Crippen LogP contribution in [0, 0.1) is 0 Å². The third-order valence-electron chi connectivity index (χ3n) is 2.43. The molecule has 1 aliphatic rings. The van der Waals surface area contributed by atoms with Crippen LogP contribution in [0.3, 0.4) is 0 Å². The van der Waals surface area contributed by atoms with Gasteiger partial charge in [-0.05, 0) is 22.0 Å². The molecule has 0 saturated carbocycles. The fourth-order valence-corrected chi connectivity index (χ4v) is 2.17. The second-order valence-corrected chi connectivity index (χ2v) is 4.30. The van der Waals surface area contributed by atoms with Crippen LogP contribution in [0.1, 0.15) is 0 Å². The molecular formula is C10H13BrN2O2. The molecule has 1 fully saturated rings. The Bertz CT molecular complexity index is 335. The molecule has 1 unspecified atom stereocenters. The number of hydrogen-bond acceptors (Lipinski definition) is 4. The highest BCUT2D eigenvalue weighted by atomic mass is 79.9. The smallest absolute Gasteiger partial charge is 0.0980 e. The van der Waals surface area contributed by atoms with Crippen LogP contribution in [-0.4, -0.2) is 42.5 Å². The van der Waals surface area contributed by atoms with Gasteiger partial charge in [0.25, 0.3) is 0 Å². The van der Waals surface area contributed by atoms with Crippen molar-refractivity contribution in [1.82, 2.24) is 4.98 Å². The van der Waals surface area contributed by atoms with E-state index in [1.54, 1.807) is 12.4 Å². The first-order valence-electron chi connectivity index (χ1n) is 4.88. The number of aliphatic hydroxyl groups is 1. The number of hydrogen-bond donors (Lipinski definition) is 1. The molecule has 0 aromatic carbocycles. The van der Waals surface area contributed by atoms with Crippen molar-refractivity contribution in [2.75, 3.05) is 31.2 Å². The lowest BCUT2D eigenvalue weighted by molar-refractivity contribution is 0.00353. The molecule has 82 valence electrons. The molecule has 15 heavy (non-hydrogen) atoms. The van der Waals surface area contributed by atoms with Crippen LogP contribution in [0.25, 0.3) is 0 Å². The summed E-state index contributed by atoms with van der Waals surface area (Å²) in [6, 6.07) is 1.96. The number of anilines is 1. The molecule has 4 nitrogen and oxygen atoms in total. The zero-order valence-corrected chi connectivity index (χ0v) is 9.85. The van der Waals surface area contributed by atoms with Gasteiger partial charge in [-0.1, -0.05) is 0 Å². The maximum absolute atomic E-state index is 9.05. The maximum Gasteiger partial charge on any atom is 0.0980 e. The predicted molar refractivity (Wildman–Crippen MR) is 61.0 cm³/mol. The summed E-state index contributed by atoms with van der Waals surface area (Å²) in [6.07, 6.45) is 3.46. The Morgan fingerprint density at radius 2 is 2.53 bits per heavy atom. The summed E-state index contributed by atoms with van der Waals surface area (Å²) in [7, 11) is 0. The van der Waals surface area contributed by atoms with E-state index in [0.717, 1.165) is 23.2 Å². The Morgan fingerprint density at radius 3 is 3.27 bits per heavy atom. The van der Waals surface area contributed by atoms with E-state index >= 15 is 0 Å². The molecular weight excluding hydrogens is 260 g/mol. The third kappa shape index (κ3) is 2.48. The normalized spacial score (nSPS) is 21.7. The van der Waals surface area contributed by atoms with Crippen LogP contribution in [0.5, 0.6) is 0 Å². The van der Waals surface area contributed by atoms with Gasteiger partial charge in [-0.25, -0.2) is 0 Å². The van der Waals surface area contributed by atoms with Gasteiger partial charge < -0.3 is 14.7 Å². The minimum atomic E-state index is -0.0844. The molecule has 1 aliphatic heterocycles. The predicted octanol–water partition coefficient (Wildman–Crippen LogP) is 1.04. The van der Waals surface area contributed by atoms with Crippen LogP contribution >= 0.6 is 15.9 Å². The molecule has 5 heteroatoms. The van der Waals surface area contributed by atoms with E-state index in [0.29, 0.717) is 6.61 Å². The first-order chi connectivity index (χ1) is 7.31. The van der Waals surface area contributed by atoms with Gasteiger partial charge in [0.05, 0.1) is 29.5 Å². The topological polar surface area (TPSA) is 45.6 Å². The molecule has 0 spiro atoms. The van der Waals surface area contributed by atoms with Crippen molar-refractivity contribution in [3.63, 3.8) is 0 Å². The first-order valence-corrected chi connectivity index (χ1v) is 5.67. The van der Waals surface area contributed by atoms with Gasteiger partial charge in [-0.2, -0.15) is 0 Å². The quantitative estimate of drug-likeness (QED) is 0.874. The first kappa shape index (κ1) is 10.9. The largest absolute Gasteiger partial charge is 0.394 e. The van der Waals surface area contributed by atoms with Gasteiger partial charge in [-0.3, -0.25) is 4.98 Å². The minimum Gasteiger partial charge on any atom is -0.394 e. The molecule has 1 atom stereocenters. The minimum absolute atomic E-state index is 0.0687. The number of aromatic nitrogens is 1. The second-order valence-electron chi connectivity index (χ2n) is 3.45. The number of rotatable bonds is 2. The lowest BCUT2D eigenvalue weighted by Crippen LogP contribution is -2.44. The highest BCUT2D eigenvalue weighted by Crippen LogP contribution is 2.26. The van der Waals surface area contributed by atoms with Crippen molar-refractivity contribution in [3.05, 3.63) is 22.9 Å². The molecule has 1 N–H and O–H groups in total. The zero-order chi connectivity index (χ0) is 10.7. The molecule has 0 bridgehead atoms. The average molecular weight is 273 g/mol. The van der Waals surface area contributed by atoms with Gasteiger partial charge >= 0.3 is 0 Å². The number of aliphatic hydroxyl groups excluding tert-OH is 1. The number of pyridine rings is 1. The SMILES string of the molecule is OCC1CN(c2ccncc2Br)CCO1. The molecule has 2 rings (SSSR count). The number of morpholine rings is 1. The Balaban J connectivity index is 2.13. The molecule has 0 radical (unpaired) electrons. The summed E-state index contributed by atoms with van der Waals surface area (Å²) < 4.78 is 6.37. The summed E-state index contributed by atoms with van der Waals surface area (Å²) in [5, 5.41) is 9.05. The second kappa shape index (κ2) is 4.92. The summed E-state index contributed by atoms with van der Waals surface area (Å²) in [5.41, 5.74) is 1.10. The Hall–Kier alpha value is -0.650. The van der Waals surface area contributed by atoms with Crippen molar-refractivity contribution >= 4 is 21.6 Å². The van der Waals surface area contributed by atoms with Crippen molar-refractivity contribution < 1.29 is 9.84 Å². The van der Waals surface area contributed by atoms with E-state index in [1.807, 2.05) is 6.07 Å². The fraction of sp³-hybridized carbons (Fsp3) is 0.500. The molecule has 1 aromatic rings. The highest BCUT2D eigenvalue weighted by Gasteiger charge is 2.21. The van der Waals surface area contributed by atoms with Crippen LogP contribution in [0.2, 0.25) is 0 Å². The summed E-state index contributed by atoms with van der Waals surface area (Å²) in [4.78, 5) is 6.22. The van der Waals surface area contributed by atoms with Crippen LogP contribution < -0.4 is 4.90 Å². The van der Waals surface area contributed by atoms with Crippen molar-refractivity contribution in [3.8, 4) is 0 Å². The summed E-state index contributed by atoms with van der Waals surface area (Å²) in [5.74, 6) is 0. The van der Waals surface area contributed by atoms with Crippen molar-refractivity contribution in [2.24, 2.45) is 0 Å². The lowest BCUT2D eigenvalue weighted by atomic mass is 10.2. The van der Waals surface area contributed by atoms with Crippen molar-refractivity contribution in [1.29, 1.82) is 0 Å². The summed E-state index contributed by atoms with van der Waals surface area (Å²) in [6.45, 7) is 2.29. The Labute approximate surface area is 97.0 Å². The van der Waals surface area contributed by atoms with Crippen LogP contribution in [-0.2, 0) is 4.74 Å². The summed E-state index contributed by atoms with van der Waals surface area (Å²) >= 11 is 3.47. The van der Waals surface area contributed by atoms with Gasteiger partial charge in [0.1, 0.15) is 0 Å². The third-order valence-corrected chi connectivity index (χ3v) is 3.05. The fourth-order valence-electron chi connectivity index (χ4n) is 1.67. The lowest BCUT2D eigenvalue weighted by Gasteiger charge is -2.34. The molecule has 1 aromatic heterocycles.